The quantitative estimate of drug-likeness (QED) is 0.229. The van der Waals surface area contributed by atoms with Crippen molar-refractivity contribution in [2.24, 2.45) is 0 Å². The fourth-order valence-electron chi connectivity index (χ4n) is 4.50. The van der Waals surface area contributed by atoms with Gasteiger partial charge in [0.05, 0.1) is 0 Å². The summed E-state index contributed by atoms with van der Waals surface area (Å²) in [5, 5.41) is 7.41. The molecule has 2 N–H and O–H groups in total. The van der Waals surface area contributed by atoms with E-state index in [0.29, 0.717) is 56.5 Å². The van der Waals surface area contributed by atoms with Crippen LogP contribution in [0.25, 0.3) is 33.3 Å². The van der Waals surface area contributed by atoms with Crippen LogP contribution in [-0.2, 0) is 13.0 Å². The largest absolute Gasteiger partial charge is 0.324 e. The summed E-state index contributed by atoms with van der Waals surface area (Å²) in [6.45, 7) is 4.94. The summed E-state index contributed by atoms with van der Waals surface area (Å²) in [4.78, 5) is 26.6. The lowest BCUT2D eigenvalue weighted by atomic mass is 10.0. The molecule has 3 heterocycles. The molecular weight excluding hydrogens is 515 g/mol. The van der Waals surface area contributed by atoms with Crippen molar-refractivity contribution in [2.75, 3.05) is 18.9 Å². The molecule has 9 heteroatoms. The topological polar surface area (TPSA) is 84.7 Å². The SMILES string of the molecule is CCn1c(=O)c(-c2ccc(-c3ccc(C)nc3F)cc2Cl)cc2cnc(Nc3ccc(CCNC)cc3)nc21. The number of nitrogens with zero attached hydrogens (tertiary/aromatic N) is 4. The van der Waals surface area contributed by atoms with E-state index in [1.54, 1.807) is 54.1 Å². The first-order chi connectivity index (χ1) is 18.9. The summed E-state index contributed by atoms with van der Waals surface area (Å²) >= 11 is 6.63. The Balaban J connectivity index is 1.49. The van der Waals surface area contributed by atoms with Gasteiger partial charge in [-0.05, 0) is 81.4 Å². The zero-order valence-electron chi connectivity index (χ0n) is 21.9. The Morgan fingerprint density at radius 1 is 0.974 bits per heavy atom. The molecule has 0 aliphatic rings. The second kappa shape index (κ2) is 11.3. The van der Waals surface area contributed by atoms with Gasteiger partial charge in [-0.15, -0.1) is 0 Å². The maximum Gasteiger partial charge on any atom is 0.260 e. The molecule has 0 aliphatic carbocycles. The molecule has 0 bridgehead atoms. The molecule has 0 saturated heterocycles. The van der Waals surface area contributed by atoms with Crippen LogP contribution in [0.3, 0.4) is 0 Å². The van der Waals surface area contributed by atoms with E-state index in [-0.39, 0.29) is 5.56 Å². The maximum absolute atomic E-state index is 14.4. The van der Waals surface area contributed by atoms with E-state index in [0.717, 1.165) is 18.7 Å². The van der Waals surface area contributed by atoms with Crippen LogP contribution in [0, 0.1) is 12.9 Å². The predicted molar refractivity (Wildman–Crippen MR) is 155 cm³/mol. The Kier molecular flexibility index (Phi) is 7.67. The van der Waals surface area contributed by atoms with Crippen LogP contribution < -0.4 is 16.2 Å². The third-order valence-electron chi connectivity index (χ3n) is 6.58. The average Bonchev–Trinajstić information content (AvgIpc) is 2.93. The molecule has 7 nitrogen and oxygen atoms in total. The van der Waals surface area contributed by atoms with Crippen LogP contribution in [0.5, 0.6) is 0 Å². The summed E-state index contributed by atoms with van der Waals surface area (Å²) in [6.07, 6.45) is 2.64. The lowest BCUT2D eigenvalue weighted by Crippen LogP contribution is -2.22. The second-order valence-corrected chi connectivity index (χ2v) is 9.65. The highest BCUT2D eigenvalue weighted by molar-refractivity contribution is 6.33. The number of benzene rings is 2. The summed E-state index contributed by atoms with van der Waals surface area (Å²) < 4.78 is 16.0. The lowest BCUT2D eigenvalue weighted by molar-refractivity contribution is 0.584. The van der Waals surface area contributed by atoms with Crippen molar-refractivity contribution in [2.45, 2.75) is 26.8 Å². The fraction of sp³-hybridized carbons (Fsp3) is 0.200. The maximum atomic E-state index is 14.4. The Morgan fingerprint density at radius 2 is 1.74 bits per heavy atom. The molecule has 0 amide bonds. The van der Waals surface area contributed by atoms with Crippen LogP contribution in [0.2, 0.25) is 5.02 Å². The van der Waals surface area contributed by atoms with Crippen molar-refractivity contribution in [3.05, 3.63) is 99.4 Å². The first-order valence-corrected chi connectivity index (χ1v) is 13.1. The van der Waals surface area contributed by atoms with Crippen LogP contribution >= 0.6 is 11.6 Å². The number of nitrogens with one attached hydrogen (secondary N) is 2. The molecule has 0 saturated carbocycles. The van der Waals surface area contributed by atoms with Gasteiger partial charge in [0.1, 0.15) is 5.65 Å². The van der Waals surface area contributed by atoms with Crippen LogP contribution in [-0.4, -0.2) is 33.1 Å². The number of hydrogen-bond donors (Lipinski definition) is 2. The van der Waals surface area contributed by atoms with E-state index in [1.807, 2.05) is 26.1 Å². The lowest BCUT2D eigenvalue weighted by Gasteiger charge is -2.14. The predicted octanol–water partition coefficient (Wildman–Crippen LogP) is 6.15. The minimum absolute atomic E-state index is 0.221. The Bertz CT molecular complexity index is 1720. The van der Waals surface area contributed by atoms with Crippen LogP contribution in [0.4, 0.5) is 16.0 Å². The van der Waals surface area contributed by atoms with E-state index in [2.05, 4.69) is 37.7 Å². The van der Waals surface area contributed by atoms with Gasteiger partial charge in [-0.1, -0.05) is 35.9 Å². The molecule has 39 heavy (non-hydrogen) atoms. The molecular formula is C30H28ClFN6O. The number of aryl methyl sites for hydroxylation is 2. The molecule has 0 unspecified atom stereocenters. The number of rotatable bonds is 8. The molecule has 0 fully saturated rings. The van der Waals surface area contributed by atoms with Crippen molar-refractivity contribution < 1.29 is 4.39 Å². The average molecular weight is 543 g/mol. The smallest absolute Gasteiger partial charge is 0.260 e. The van der Waals surface area contributed by atoms with Gasteiger partial charge in [0.2, 0.25) is 11.9 Å². The molecule has 5 rings (SSSR count). The van der Waals surface area contributed by atoms with Crippen molar-refractivity contribution in [1.82, 2.24) is 24.8 Å². The minimum Gasteiger partial charge on any atom is -0.324 e. The molecule has 5 aromatic rings. The molecule has 0 radical (unpaired) electrons. The Morgan fingerprint density at radius 3 is 2.44 bits per heavy atom. The van der Waals surface area contributed by atoms with E-state index in [1.165, 1.54) is 5.56 Å². The minimum atomic E-state index is -0.566. The molecule has 0 spiro atoms. The monoisotopic (exact) mass is 542 g/mol. The molecule has 0 atom stereocenters. The van der Waals surface area contributed by atoms with Crippen molar-refractivity contribution >= 4 is 34.3 Å². The number of fused-ring (bicyclic) bond motifs is 1. The summed E-state index contributed by atoms with van der Waals surface area (Å²) in [7, 11) is 1.93. The second-order valence-electron chi connectivity index (χ2n) is 9.24. The normalized spacial score (nSPS) is 11.2. The number of anilines is 2. The van der Waals surface area contributed by atoms with E-state index in [9.17, 15) is 9.18 Å². The molecule has 3 aromatic heterocycles. The Hall–Kier alpha value is -4.14. The highest BCUT2D eigenvalue weighted by Gasteiger charge is 2.16. The standard InChI is InChI=1S/C30H28ClFN6O/c1-4-38-28-21(17-34-30(37-28)36-22-9-6-19(7-10-22)13-14-33-3)15-25(29(38)39)24-12-8-20(16-26(24)31)23-11-5-18(2)35-27(23)32/h5-12,15-17,33H,4,13-14H2,1-3H3,(H,34,36,37). The van der Waals surface area contributed by atoms with E-state index in [4.69, 9.17) is 11.6 Å². The summed E-state index contributed by atoms with van der Waals surface area (Å²) in [5.74, 6) is -0.167. The van der Waals surface area contributed by atoms with Gasteiger partial charge in [-0.3, -0.25) is 9.36 Å². The summed E-state index contributed by atoms with van der Waals surface area (Å²) in [5.41, 5.74) is 4.88. The zero-order chi connectivity index (χ0) is 27.5. The van der Waals surface area contributed by atoms with Gasteiger partial charge in [0.15, 0.2) is 0 Å². The van der Waals surface area contributed by atoms with Crippen molar-refractivity contribution in [1.29, 1.82) is 0 Å². The first kappa shape index (κ1) is 26.5. The van der Waals surface area contributed by atoms with Crippen LogP contribution in [0.15, 0.2) is 71.7 Å². The van der Waals surface area contributed by atoms with Crippen molar-refractivity contribution in [3.63, 3.8) is 0 Å². The van der Waals surface area contributed by atoms with Crippen LogP contribution in [0.1, 0.15) is 18.2 Å². The van der Waals surface area contributed by atoms with Gasteiger partial charge >= 0.3 is 0 Å². The number of hydrogen-bond acceptors (Lipinski definition) is 6. The fourth-order valence-corrected chi connectivity index (χ4v) is 4.78. The zero-order valence-corrected chi connectivity index (χ0v) is 22.7. The third-order valence-corrected chi connectivity index (χ3v) is 6.89. The van der Waals surface area contributed by atoms with Gasteiger partial charge < -0.3 is 10.6 Å². The Labute approximate surface area is 230 Å². The van der Waals surface area contributed by atoms with E-state index < -0.39 is 5.95 Å². The van der Waals surface area contributed by atoms with Gasteiger partial charge in [-0.2, -0.15) is 9.37 Å². The van der Waals surface area contributed by atoms with Gasteiger partial charge in [0, 0.05) is 51.2 Å². The number of likely N-dealkylation sites (N-methyl/N-ethyl adjacent to an activating group) is 1. The highest BCUT2D eigenvalue weighted by atomic mass is 35.5. The molecule has 0 aliphatic heterocycles. The number of pyridine rings is 2. The third kappa shape index (κ3) is 5.53. The summed E-state index contributed by atoms with van der Waals surface area (Å²) in [6, 6.07) is 18.4. The highest BCUT2D eigenvalue weighted by Crippen LogP contribution is 2.33. The van der Waals surface area contributed by atoms with E-state index >= 15 is 0 Å². The molecule has 2 aromatic carbocycles. The molecule has 198 valence electrons. The number of aromatic nitrogens is 4. The first-order valence-electron chi connectivity index (χ1n) is 12.7. The van der Waals surface area contributed by atoms with Gasteiger partial charge in [-0.25, -0.2) is 9.97 Å². The van der Waals surface area contributed by atoms with Gasteiger partial charge in [0.25, 0.3) is 5.56 Å². The number of halogens is 2. The van der Waals surface area contributed by atoms with Crippen molar-refractivity contribution in [3.8, 4) is 22.3 Å².